The minimum absolute atomic E-state index is 0.582. The molecule has 1 nitrogen and oxygen atoms in total. The summed E-state index contributed by atoms with van der Waals surface area (Å²) in [7, 11) is 0. The summed E-state index contributed by atoms with van der Waals surface area (Å²) in [4.78, 5) is 0. The Kier molecular flexibility index (Phi) is 3.78. The van der Waals surface area contributed by atoms with E-state index in [-0.39, 0.29) is 0 Å². The van der Waals surface area contributed by atoms with E-state index in [0.717, 1.165) is 12.0 Å². The quantitative estimate of drug-likeness (QED) is 0.706. The smallest absolute Gasteiger partial charge is 0.0119 e. The van der Waals surface area contributed by atoms with E-state index < -0.39 is 0 Å². The Bertz CT molecular complexity index is 153. The molecule has 0 spiro atoms. The van der Waals surface area contributed by atoms with Gasteiger partial charge < -0.3 is 5.32 Å². The van der Waals surface area contributed by atoms with Crippen molar-refractivity contribution in [2.75, 3.05) is 6.54 Å². The second-order valence-corrected chi connectivity index (χ2v) is 5.25. The van der Waals surface area contributed by atoms with E-state index in [1.54, 1.807) is 0 Å². The van der Waals surface area contributed by atoms with Gasteiger partial charge in [0.2, 0.25) is 0 Å². The second-order valence-electron chi connectivity index (χ2n) is 5.25. The summed E-state index contributed by atoms with van der Waals surface area (Å²) in [6, 6.07) is 0.770. The second kappa shape index (κ2) is 4.45. The molecule has 0 saturated carbocycles. The van der Waals surface area contributed by atoms with Crippen molar-refractivity contribution in [2.45, 2.75) is 59.4 Å². The summed E-state index contributed by atoms with van der Waals surface area (Å²) >= 11 is 0. The van der Waals surface area contributed by atoms with Gasteiger partial charge in [0.25, 0.3) is 0 Å². The fraction of sp³-hybridized carbons (Fsp3) is 1.00. The molecule has 1 N–H and O–H groups in total. The molecule has 0 aromatic heterocycles. The van der Waals surface area contributed by atoms with E-state index in [4.69, 9.17) is 0 Å². The van der Waals surface area contributed by atoms with Gasteiger partial charge in [-0.1, -0.05) is 34.1 Å². The van der Waals surface area contributed by atoms with Crippen molar-refractivity contribution in [2.24, 2.45) is 11.3 Å². The molecule has 1 heterocycles. The van der Waals surface area contributed by atoms with Crippen molar-refractivity contribution in [1.82, 2.24) is 5.32 Å². The van der Waals surface area contributed by atoms with Gasteiger partial charge in [0.05, 0.1) is 0 Å². The van der Waals surface area contributed by atoms with E-state index in [2.05, 4.69) is 33.0 Å². The lowest BCUT2D eigenvalue weighted by molar-refractivity contribution is 0.233. The van der Waals surface area contributed by atoms with Gasteiger partial charge in [-0.3, -0.25) is 0 Å². The van der Waals surface area contributed by atoms with Crippen molar-refractivity contribution < 1.29 is 0 Å². The predicted octanol–water partition coefficient (Wildman–Crippen LogP) is 3.20. The van der Waals surface area contributed by atoms with Crippen LogP contribution in [-0.2, 0) is 0 Å². The van der Waals surface area contributed by atoms with Crippen LogP contribution in [0.15, 0.2) is 0 Å². The first-order chi connectivity index (χ1) is 6.08. The van der Waals surface area contributed by atoms with Gasteiger partial charge in [0, 0.05) is 6.04 Å². The molecule has 0 aromatic rings. The third-order valence-corrected chi connectivity index (χ3v) is 3.63. The van der Waals surface area contributed by atoms with E-state index in [1.807, 2.05) is 0 Å². The first-order valence-electron chi connectivity index (χ1n) is 5.82. The van der Waals surface area contributed by atoms with E-state index >= 15 is 0 Å². The molecule has 1 aliphatic rings. The van der Waals surface area contributed by atoms with Gasteiger partial charge in [-0.2, -0.15) is 0 Å². The summed E-state index contributed by atoms with van der Waals surface area (Å²) in [5.74, 6) is 0.856. The van der Waals surface area contributed by atoms with Crippen molar-refractivity contribution in [3.8, 4) is 0 Å². The van der Waals surface area contributed by atoms with Gasteiger partial charge >= 0.3 is 0 Å². The van der Waals surface area contributed by atoms with Crippen LogP contribution in [0.1, 0.15) is 53.4 Å². The van der Waals surface area contributed by atoms with Crippen molar-refractivity contribution in [3.05, 3.63) is 0 Å². The highest BCUT2D eigenvalue weighted by atomic mass is 15.0. The van der Waals surface area contributed by atoms with Crippen molar-refractivity contribution in [3.63, 3.8) is 0 Å². The average molecular weight is 183 g/mol. The molecule has 2 atom stereocenters. The topological polar surface area (TPSA) is 12.0 Å². The van der Waals surface area contributed by atoms with Crippen LogP contribution in [0, 0.1) is 11.3 Å². The van der Waals surface area contributed by atoms with Crippen LogP contribution in [0.3, 0.4) is 0 Å². The van der Waals surface area contributed by atoms with Gasteiger partial charge in [0.1, 0.15) is 0 Å². The molecule has 0 amide bonds. The van der Waals surface area contributed by atoms with Gasteiger partial charge in [0.15, 0.2) is 0 Å². The summed E-state index contributed by atoms with van der Waals surface area (Å²) < 4.78 is 0. The zero-order chi connectivity index (χ0) is 9.90. The first kappa shape index (κ1) is 11.0. The van der Waals surface area contributed by atoms with Crippen LogP contribution in [-0.4, -0.2) is 12.6 Å². The summed E-state index contributed by atoms with van der Waals surface area (Å²) in [5.41, 5.74) is 0.582. The molecule has 78 valence electrons. The Labute approximate surface area is 83.3 Å². The maximum atomic E-state index is 3.62. The molecule has 1 aliphatic heterocycles. The third-order valence-electron chi connectivity index (χ3n) is 3.63. The molecule has 1 heteroatoms. The molecule has 0 radical (unpaired) electrons. The van der Waals surface area contributed by atoms with Crippen LogP contribution in [0.25, 0.3) is 0 Å². The highest BCUT2D eigenvalue weighted by molar-refractivity contribution is 4.93. The molecular formula is C12H25N. The minimum atomic E-state index is 0.582. The van der Waals surface area contributed by atoms with Crippen molar-refractivity contribution in [1.29, 1.82) is 0 Å². The molecular weight excluding hydrogens is 158 g/mol. The van der Waals surface area contributed by atoms with Crippen LogP contribution < -0.4 is 5.32 Å². The van der Waals surface area contributed by atoms with E-state index in [9.17, 15) is 0 Å². The average Bonchev–Trinajstić information content (AvgIpc) is 2.44. The minimum Gasteiger partial charge on any atom is -0.313 e. The Morgan fingerprint density at radius 1 is 1.46 bits per heavy atom. The number of nitrogens with one attached hydrogen (secondary N) is 1. The largest absolute Gasteiger partial charge is 0.313 e. The van der Waals surface area contributed by atoms with Gasteiger partial charge in [-0.25, -0.2) is 0 Å². The van der Waals surface area contributed by atoms with Crippen molar-refractivity contribution >= 4 is 0 Å². The zero-order valence-corrected chi connectivity index (χ0v) is 9.69. The fourth-order valence-electron chi connectivity index (χ4n) is 2.51. The zero-order valence-electron chi connectivity index (χ0n) is 9.69. The van der Waals surface area contributed by atoms with Crippen LogP contribution in [0.4, 0.5) is 0 Å². The van der Waals surface area contributed by atoms with Crippen LogP contribution in [0.5, 0.6) is 0 Å². The molecule has 0 aromatic carbocycles. The third kappa shape index (κ3) is 2.70. The normalized spacial score (nSPS) is 34.4. The molecule has 2 unspecified atom stereocenters. The summed E-state index contributed by atoms with van der Waals surface area (Å²) in [6.07, 6.45) is 5.44. The highest BCUT2D eigenvalue weighted by Gasteiger charge is 2.36. The van der Waals surface area contributed by atoms with E-state index in [1.165, 1.54) is 32.2 Å². The van der Waals surface area contributed by atoms with Crippen LogP contribution >= 0.6 is 0 Å². The molecule has 0 aliphatic carbocycles. The maximum Gasteiger partial charge on any atom is 0.0119 e. The lowest BCUT2D eigenvalue weighted by atomic mass is 9.76. The number of hydrogen-bond donors (Lipinski definition) is 1. The Hall–Kier alpha value is -0.0400. The van der Waals surface area contributed by atoms with Crippen LogP contribution in [0.2, 0.25) is 0 Å². The van der Waals surface area contributed by atoms with E-state index in [0.29, 0.717) is 5.41 Å². The lowest BCUT2D eigenvalue weighted by Crippen LogP contribution is -2.34. The summed E-state index contributed by atoms with van der Waals surface area (Å²) in [6.45, 7) is 10.6. The fourth-order valence-corrected chi connectivity index (χ4v) is 2.51. The van der Waals surface area contributed by atoms with Gasteiger partial charge in [-0.05, 0) is 37.1 Å². The standard InChI is InChI=1S/C12H25N/c1-5-11-12(4,8-9-13-11)7-6-10(2)3/h10-11,13H,5-9H2,1-4H3. The Morgan fingerprint density at radius 2 is 2.15 bits per heavy atom. The molecule has 13 heavy (non-hydrogen) atoms. The SMILES string of the molecule is CCC1NCCC1(C)CCC(C)C. The Morgan fingerprint density at radius 3 is 2.69 bits per heavy atom. The lowest BCUT2D eigenvalue weighted by Gasteiger charge is -2.31. The number of rotatable bonds is 4. The predicted molar refractivity (Wildman–Crippen MR) is 58.9 cm³/mol. The molecule has 0 bridgehead atoms. The molecule has 1 saturated heterocycles. The maximum absolute atomic E-state index is 3.62. The molecule has 1 rings (SSSR count). The monoisotopic (exact) mass is 183 g/mol. The Balaban J connectivity index is 2.43. The number of hydrogen-bond acceptors (Lipinski definition) is 1. The summed E-state index contributed by atoms with van der Waals surface area (Å²) in [5, 5.41) is 3.62. The van der Waals surface area contributed by atoms with Gasteiger partial charge in [-0.15, -0.1) is 0 Å². The molecule has 1 fully saturated rings. The first-order valence-corrected chi connectivity index (χ1v) is 5.82. The highest BCUT2D eigenvalue weighted by Crippen LogP contribution is 2.37.